The standard InChI is InChI=1S/C14H22N4O/c1-3-11-10-18(9-8-17(11)2)13-7-5-4-6-12(13)14(15)16-19/h4-7,11,19H,3,8-10H2,1-2H3,(H2,15,16). The van der Waals surface area contributed by atoms with Crippen molar-refractivity contribution in [2.45, 2.75) is 19.4 Å². The molecular weight excluding hydrogens is 240 g/mol. The molecule has 104 valence electrons. The van der Waals surface area contributed by atoms with Crippen LogP contribution >= 0.6 is 0 Å². The second-order valence-electron chi connectivity index (χ2n) is 4.99. The summed E-state index contributed by atoms with van der Waals surface area (Å²) < 4.78 is 0. The predicted octanol–water partition coefficient (Wildman–Crippen LogP) is 1.31. The number of amidine groups is 1. The van der Waals surface area contributed by atoms with E-state index in [1.807, 2.05) is 24.3 Å². The summed E-state index contributed by atoms with van der Waals surface area (Å²) in [5, 5.41) is 12.0. The Bertz CT molecular complexity index is 461. The fourth-order valence-electron chi connectivity index (χ4n) is 2.63. The molecule has 1 saturated heterocycles. The molecule has 1 fully saturated rings. The highest BCUT2D eigenvalue weighted by atomic mass is 16.4. The van der Waals surface area contributed by atoms with E-state index in [0.29, 0.717) is 6.04 Å². The molecule has 5 heteroatoms. The van der Waals surface area contributed by atoms with Gasteiger partial charge in [-0.2, -0.15) is 0 Å². The van der Waals surface area contributed by atoms with Crippen LogP contribution in [0.25, 0.3) is 0 Å². The Morgan fingerprint density at radius 3 is 2.84 bits per heavy atom. The maximum atomic E-state index is 8.89. The number of rotatable bonds is 3. The van der Waals surface area contributed by atoms with Gasteiger partial charge in [-0.25, -0.2) is 0 Å². The number of oxime groups is 1. The molecule has 2 rings (SSSR count). The van der Waals surface area contributed by atoms with Crippen LogP contribution in [0.3, 0.4) is 0 Å². The van der Waals surface area contributed by atoms with Crippen molar-refractivity contribution in [1.82, 2.24) is 4.90 Å². The molecule has 0 radical (unpaired) electrons. The van der Waals surface area contributed by atoms with Crippen molar-refractivity contribution in [2.24, 2.45) is 10.9 Å². The Morgan fingerprint density at radius 2 is 2.16 bits per heavy atom. The molecule has 0 aromatic heterocycles. The zero-order valence-corrected chi connectivity index (χ0v) is 11.6. The first kappa shape index (κ1) is 13.7. The van der Waals surface area contributed by atoms with E-state index < -0.39 is 0 Å². The first-order valence-electron chi connectivity index (χ1n) is 6.69. The fourth-order valence-corrected chi connectivity index (χ4v) is 2.63. The summed E-state index contributed by atoms with van der Waals surface area (Å²) in [6, 6.07) is 8.37. The summed E-state index contributed by atoms with van der Waals surface area (Å²) in [5.74, 6) is 0.169. The van der Waals surface area contributed by atoms with Gasteiger partial charge in [-0.1, -0.05) is 24.2 Å². The number of para-hydroxylation sites is 1. The van der Waals surface area contributed by atoms with E-state index in [9.17, 15) is 0 Å². The molecule has 5 nitrogen and oxygen atoms in total. The SMILES string of the molecule is CCC1CN(c2ccccc2C(N)=NO)CCN1C. The molecule has 1 heterocycles. The van der Waals surface area contributed by atoms with Gasteiger partial charge in [0.2, 0.25) is 0 Å². The third-order valence-corrected chi connectivity index (χ3v) is 3.88. The summed E-state index contributed by atoms with van der Waals surface area (Å²) in [6.45, 7) is 5.18. The van der Waals surface area contributed by atoms with Crippen LogP contribution in [-0.4, -0.2) is 48.7 Å². The second-order valence-corrected chi connectivity index (χ2v) is 4.99. The minimum absolute atomic E-state index is 0.169. The maximum absolute atomic E-state index is 8.89. The molecule has 0 amide bonds. The fraction of sp³-hybridized carbons (Fsp3) is 0.500. The minimum atomic E-state index is 0.169. The summed E-state index contributed by atoms with van der Waals surface area (Å²) in [5.41, 5.74) is 7.60. The van der Waals surface area contributed by atoms with Crippen molar-refractivity contribution in [3.05, 3.63) is 29.8 Å². The molecule has 1 unspecified atom stereocenters. The summed E-state index contributed by atoms with van der Waals surface area (Å²) in [7, 11) is 2.17. The van der Waals surface area contributed by atoms with Crippen LogP contribution in [0.4, 0.5) is 5.69 Å². The van der Waals surface area contributed by atoms with Crippen LogP contribution in [-0.2, 0) is 0 Å². The van der Waals surface area contributed by atoms with E-state index in [1.165, 1.54) is 0 Å². The third kappa shape index (κ3) is 2.81. The van der Waals surface area contributed by atoms with E-state index in [-0.39, 0.29) is 5.84 Å². The average Bonchev–Trinajstić information content (AvgIpc) is 2.47. The number of nitrogens with two attached hydrogens (primary N) is 1. The molecule has 3 N–H and O–H groups in total. The second kappa shape index (κ2) is 5.93. The Balaban J connectivity index is 2.27. The quantitative estimate of drug-likeness (QED) is 0.373. The van der Waals surface area contributed by atoms with Crippen LogP contribution in [0.15, 0.2) is 29.4 Å². The lowest BCUT2D eigenvalue weighted by Crippen LogP contribution is -2.51. The molecule has 19 heavy (non-hydrogen) atoms. The highest BCUT2D eigenvalue weighted by molar-refractivity contribution is 6.02. The van der Waals surface area contributed by atoms with E-state index in [4.69, 9.17) is 10.9 Å². The zero-order valence-electron chi connectivity index (χ0n) is 11.6. The van der Waals surface area contributed by atoms with Crippen molar-refractivity contribution in [1.29, 1.82) is 0 Å². The summed E-state index contributed by atoms with van der Waals surface area (Å²) in [6.07, 6.45) is 1.12. The molecule has 0 spiro atoms. The van der Waals surface area contributed by atoms with Crippen molar-refractivity contribution >= 4 is 11.5 Å². The molecule has 1 aromatic carbocycles. The summed E-state index contributed by atoms with van der Waals surface area (Å²) >= 11 is 0. The van der Waals surface area contributed by atoms with Crippen LogP contribution in [0, 0.1) is 0 Å². The van der Waals surface area contributed by atoms with Crippen molar-refractivity contribution in [2.75, 3.05) is 31.6 Å². The molecule has 1 aromatic rings. The van der Waals surface area contributed by atoms with Crippen LogP contribution in [0.5, 0.6) is 0 Å². The number of hydrogen-bond acceptors (Lipinski definition) is 4. The number of anilines is 1. The lowest BCUT2D eigenvalue weighted by molar-refractivity contribution is 0.213. The van der Waals surface area contributed by atoms with Gasteiger partial charge in [0, 0.05) is 36.9 Å². The van der Waals surface area contributed by atoms with E-state index in [0.717, 1.165) is 37.3 Å². The van der Waals surface area contributed by atoms with E-state index in [2.05, 4.69) is 28.9 Å². The Morgan fingerprint density at radius 1 is 1.42 bits per heavy atom. The molecule has 1 aliphatic heterocycles. The number of likely N-dealkylation sites (N-methyl/N-ethyl adjacent to an activating group) is 1. The number of nitrogens with zero attached hydrogens (tertiary/aromatic N) is 3. The van der Waals surface area contributed by atoms with Crippen LogP contribution in [0.1, 0.15) is 18.9 Å². The predicted molar refractivity (Wildman–Crippen MR) is 77.9 cm³/mol. The van der Waals surface area contributed by atoms with Gasteiger partial charge in [0.15, 0.2) is 5.84 Å². The molecular formula is C14H22N4O. The van der Waals surface area contributed by atoms with Gasteiger partial charge in [-0.3, -0.25) is 4.90 Å². The smallest absolute Gasteiger partial charge is 0.172 e. The highest BCUT2D eigenvalue weighted by Gasteiger charge is 2.24. The van der Waals surface area contributed by atoms with Crippen LogP contribution < -0.4 is 10.6 Å². The largest absolute Gasteiger partial charge is 0.409 e. The van der Waals surface area contributed by atoms with Gasteiger partial charge in [0.25, 0.3) is 0 Å². The number of benzene rings is 1. The first-order valence-corrected chi connectivity index (χ1v) is 6.69. The monoisotopic (exact) mass is 262 g/mol. The Kier molecular flexibility index (Phi) is 4.27. The normalized spacial score (nSPS) is 21.7. The molecule has 0 aliphatic carbocycles. The Labute approximate surface area is 114 Å². The number of piperazine rings is 1. The van der Waals surface area contributed by atoms with Gasteiger partial charge >= 0.3 is 0 Å². The maximum Gasteiger partial charge on any atom is 0.172 e. The first-order chi connectivity index (χ1) is 9.17. The lowest BCUT2D eigenvalue weighted by Gasteiger charge is -2.40. The van der Waals surface area contributed by atoms with Gasteiger partial charge < -0.3 is 15.8 Å². The van der Waals surface area contributed by atoms with Gasteiger partial charge in [-0.05, 0) is 25.6 Å². The van der Waals surface area contributed by atoms with Crippen molar-refractivity contribution in [3.8, 4) is 0 Å². The average molecular weight is 262 g/mol. The molecule has 0 bridgehead atoms. The van der Waals surface area contributed by atoms with Crippen LogP contribution in [0.2, 0.25) is 0 Å². The lowest BCUT2D eigenvalue weighted by atomic mass is 10.1. The van der Waals surface area contributed by atoms with Crippen molar-refractivity contribution < 1.29 is 5.21 Å². The summed E-state index contributed by atoms with van der Waals surface area (Å²) in [4.78, 5) is 4.71. The molecule has 0 saturated carbocycles. The number of hydrogen-bond donors (Lipinski definition) is 2. The van der Waals surface area contributed by atoms with Gasteiger partial charge in [-0.15, -0.1) is 0 Å². The third-order valence-electron chi connectivity index (χ3n) is 3.88. The van der Waals surface area contributed by atoms with Crippen molar-refractivity contribution in [3.63, 3.8) is 0 Å². The van der Waals surface area contributed by atoms with Gasteiger partial charge in [0.1, 0.15) is 0 Å². The highest BCUT2D eigenvalue weighted by Crippen LogP contribution is 2.23. The van der Waals surface area contributed by atoms with E-state index in [1.54, 1.807) is 0 Å². The Hall–Kier alpha value is -1.75. The zero-order chi connectivity index (χ0) is 13.8. The minimum Gasteiger partial charge on any atom is -0.409 e. The van der Waals surface area contributed by atoms with Gasteiger partial charge in [0.05, 0.1) is 0 Å². The van der Waals surface area contributed by atoms with E-state index >= 15 is 0 Å². The molecule has 1 aliphatic rings. The topological polar surface area (TPSA) is 65.1 Å². The molecule has 1 atom stereocenters.